The lowest BCUT2D eigenvalue weighted by Crippen LogP contribution is -2.44. The first kappa shape index (κ1) is 21.9. The van der Waals surface area contributed by atoms with Crippen molar-refractivity contribution in [1.29, 1.82) is 0 Å². The van der Waals surface area contributed by atoms with E-state index in [0.29, 0.717) is 57.6 Å². The summed E-state index contributed by atoms with van der Waals surface area (Å²) in [4.78, 5) is 14.5. The summed E-state index contributed by atoms with van der Waals surface area (Å²) in [5, 5.41) is 0. The third-order valence-corrected chi connectivity index (χ3v) is 7.76. The van der Waals surface area contributed by atoms with E-state index in [2.05, 4.69) is 0 Å². The van der Waals surface area contributed by atoms with Crippen molar-refractivity contribution < 1.29 is 22.3 Å². The Hall–Kier alpha value is -1.77. The highest BCUT2D eigenvalue weighted by Gasteiger charge is 2.37. The van der Waals surface area contributed by atoms with Crippen LogP contribution in [0.2, 0.25) is 0 Å². The summed E-state index contributed by atoms with van der Waals surface area (Å²) in [6, 6.07) is 4.13. The van der Waals surface area contributed by atoms with Gasteiger partial charge in [0.05, 0.1) is 6.61 Å². The van der Waals surface area contributed by atoms with Crippen molar-refractivity contribution in [2.45, 2.75) is 31.1 Å². The molecule has 0 unspecified atom stereocenters. The fourth-order valence-electron chi connectivity index (χ4n) is 4.13. The van der Waals surface area contributed by atoms with Crippen molar-refractivity contribution in [2.24, 2.45) is 11.8 Å². The first-order valence-electron chi connectivity index (χ1n) is 10.0. The molecule has 1 saturated heterocycles. The number of allylic oxidation sites excluding steroid dienone is 1. The average molecular weight is 425 g/mol. The molecule has 2 aliphatic rings. The van der Waals surface area contributed by atoms with Crippen LogP contribution in [0.3, 0.4) is 0 Å². The molecule has 1 aromatic carbocycles. The van der Waals surface area contributed by atoms with E-state index < -0.39 is 15.8 Å². The zero-order valence-corrected chi connectivity index (χ0v) is 17.8. The monoisotopic (exact) mass is 424 g/mol. The molecule has 0 spiro atoms. The number of nitrogens with zero attached hydrogens (tertiary/aromatic N) is 2. The maximum atomic E-state index is 14.2. The Kier molecular flexibility index (Phi) is 7.08. The molecule has 0 aliphatic carbocycles. The Morgan fingerprint density at radius 3 is 2.62 bits per heavy atom. The van der Waals surface area contributed by atoms with E-state index in [1.807, 2.05) is 17.1 Å². The number of ether oxygens (including phenoxy) is 1. The predicted molar refractivity (Wildman–Crippen MR) is 108 cm³/mol. The molecule has 160 valence electrons. The summed E-state index contributed by atoms with van der Waals surface area (Å²) in [5.41, 5.74) is 0.701. The summed E-state index contributed by atoms with van der Waals surface area (Å²) >= 11 is 0. The number of carbonyl (C=O) groups excluding carboxylic acids is 1. The molecule has 29 heavy (non-hydrogen) atoms. The molecule has 0 radical (unpaired) electrons. The number of aryl methyl sites for hydroxylation is 1. The van der Waals surface area contributed by atoms with Crippen molar-refractivity contribution in [3.8, 4) is 0 Å². The third kappa shape index (κ3) is 4.87. The number of halogens is 1. The van der Waals surface area contributed by atoms with Gasteiger partial charge in [-0.25, -0.2) is 12.8 Å². The molecule has 2 heterocycles. The van der Waals surface area contributed by atoms with Gasteiger partial charge in [-0.15, -0.1) is 0 Å². The summed E-state index contributed by atoms with van der Waals surface area (Å²) in [5.74, 6) is -0.649. The van der Waals surface area contributed by atoms with Crippen LogP contribution in [0.5, 0.6) is 0 Å². The number of carbonyl (C=O) groups is 1. The Morgan fingerprint density at radius 1 is 1.21 bits per heavy atom. The molecule has 1 amide bonds. The highest BCUT2D eigenvalue weighted by atomic mass is 32.2. The molecule has 0 aromatic heterocycles. The van der Waals surface area contributed by atoms with E-state index in [-0.39, 0.29) is 22.6 Å². The van der Waals surface area contributed by atoms with Gasteiger partial charge in [0.15, 0.2) is 0 Å². The molecule has 0 N–H and O–H groups in total. The fourth-order valence-corrected chi connectivity index (χ4v) is 5.75. The number of methoxy groups -OCH3 is 1. The molecule has 1 atom stereocenters. The quantitative estimate of drug-likeness (QED) is 0.659. The van der Waals surface area contributed by atoms with Crippen LogP contribution in [-0.4, -0.2) is 63.4 Å². The maximum absolute atomic E-state index is 14.2. The molecule has 3 rings (SSSR count). The Bertz CT molecular complexity index is 863. The zero-order chi connectivity index (χ0) is 21.0. The Morgan fingerprint density at radius 2 is 1.93 bits per heavy atom. The van der Waals surface area contributed by atoms with Gasteiger partial charge in [0.2, 0.25) is 15.9 Å². The number of hydrogen-bond donors (Lipinski definition) is 0. The largest absolute Gasteiger partial charge is 0.383 e. The van der Waals surface area contributed by atoms with Crippen LogP contribution < -0.4 is 0 Å². The van der Waals surface area contributed by atoms with E-state index in [9.17, 15) is 17.6 Å². The topological polar surface area (TPSA) is 66.9 Å². The summed E-state index contributed by atoms with van der Waals surface area (Å²) in [6.45, 7) is 3.96. The van der Waals surface area contributed by atoms with Crippen LogP contribution in [0.25, 0.3) is 0 Å². The first-order valence-corrected chi connectivity index (χ1v) is 11.5. The van der Waals surface area contributed by atoms with Gasteiger partial charge < -0.3 is 9.64 Å². The minimum atomic E-state index is -3.88. The second kappa shape index (κ2) is 9.36. The van der Waals surface area contributed by atoms with Gasteiger partial charge in [-0.2, -0.15) is 4.31 Å². The lowest BCUT2D eigenvalue weighted by molar-refractivity contribution is -0.137. The number of sulfonamides is 1. The lowest BCUT2D eigenvalue weighted by Gasteiger charge is -2.36. The van der Waals surface area contributed by atoms with E-state index in [0.717, 1.165) is 0 Å². The Balaban J connectivity index is 1.68. The average Bonchev–Trinajstić information content (AvgIpc) is 2.89. The van der Waals surface area contributed by atoms with Crippen molar-refractivity contribution in [2.75, 3.05) is 39.9 Å². The van der Waals surface area contributed by atoms with Gasteiger partial charge in [-0.05, 0) is 49.8 Å². The highest BCUT2D eigenvalue weighted by Crippen LogP contribution is 2.33. The molecule has 0 saturated carbocycles. The second-order valence-corrected chi connectivity index (χ2v) is 9.67. The molecule has 8 heteroatoms. The van der Waals surface area contributed by atoms with Gasteiger partial charge in [-0.3, -0.25) is 4.79 Å². The van der Waals surface area contributed by atoms with Gasteiger partial charge in [0.25, 0.3) is 0 Å². The number of hydrogen-bond acceptors (Lipinski definition) is 4. The van der Waals surface area contributed by atoms with Crippen LogP contribution in [0.15, 0.2) is 35.2 Å². The first-order chi connectivity index (χ1) is 13.8. The molecule has 6 nitrogen and oxygen atoms in total. The molecule has 0 bridgehead atoms. The highest BCUT2D eigenvalue weighted by molar-refractivity contribution is 7.89. The van der Waals surface area contributed by atoms with Crippen LogP contribution in [0.1, 0.15) is 24.8 Å². The van der Waals surface area contributed by atoms with Crippen LogP contribution in [-0.2, 0) is 19.6 Å². The number of piperidine rings is 1. The van der Waals surface area contributed by atoms with E-state index in [4.69, 9.17) is 4.74 Å². The predicted octanol–water partition coefficient (Wildman–Crippen LogP) is 2.59. The molecule has 1 aromatic rings. The summed E-state index contributed by atoms with van der Waals surface area (Å²) in [6.07, 6.45) is 5.91. The standard InChI is InChI=1S/C21H29FN2O4S/c1-16-6-7-19(22)20(15-16)29(26,27)24-11-8-17(9-12-24)18-5-3-4-10-23(21(18)25)13-14-28-2/h3-4,6-7,15,17-18H,5,8-14H2,1-2H3/t18-/m1/s1. The number of amides is 1. The normalized spacial score (nSPS) is 22.1. The van der Waals surface area contributed by atoms with E-state index in [1.54, 1.807) is 20.1 Å². The molecule has 2 aliphatic heterocycles. The second-order valence-electron chi connectivity index (χ2n) is 7.77. The van der Waals surface area contributed by atoms with Crippen LogP contribution in [0, 0.1) is 24.6 Å². The molecule has 1 fully saturated rings. The number of rotatable bonds is 6. The lowest BCUT2D eigenvalue weighted by atomic mass is 9.82. The maximum Gasteiger partial charge on any atom is 0.245 e. The van der Waals surface area contributed by atoms with Crippen molar-refractivity contribution in [3.05, 3.63) is 41.7 Å². The summed E-state index contributed by atoms with van der Waals surface area (Å²) < 4.78 is 46.4. The van der Waals surface area contributed by atoms with Gasteiger partial charge in [0, 0.05) is 39.2 Å². The smallest absolute Gasteiger partial charge is 0.245 e. The zero-order valence-electron chi connectivity index (χ0n) is 17.0. The minimum absolute atomic E-state index is 0.109. The van der Waals surface area contributed by atoms with E-state index >= 15 is 0 Å². The van der Waals surface area contributed by atoms with Gasteiger partial charge >= 0.3 is 0 Å². The van der Waals surface area contributed by atoms with E-state index in [1.165, 1.54) is 16.4 Å². The number of benzene rings is 1. The van der Waals surface area contributed by atoms with Gasteiger partial charge in [-0.1, -0.05) is 18.2 Å². The van der Waals surface area contributed by atoms with Gasteiger partial charge in [0.1, 0.15) is 10.7 Å². The fraction of sp³-hybridized carbons (Fsp3) is 0.571. The third-order valence-electron chi connectivity index (χ3n) is 5.85. The van der Waals surface area contributed by atoms with Crippen molar-refractivity contribution in [1.82, 2.24) is 9.21 Å². The molecular weight excluding hydrogens is 395 g/mol. The Labute approximate surface area is 172 Å². The minimum Gasteiger partial charge on any atom is -0.383 e. The van der Waals surface area contributed by atoms with Crippen molar-refractivity contribution in [3.63, 3.8) is 0 Å². The molecular formula is C21H29FN2O4S. The summed E-state index contributed by atoms with van der Waals surface area (Å²) in [7, 11) is -2.27. The van der Waals surface area contributed by atoms with Crippen molar-refractivity contribution >= 4 is 15.9 Å². The SMILES string of the molecule is COCCN1CC=CC[C@H](C2CCN(S(=O)(=O)c3cc(C)ccc3F)CC2)C1=O. The van der Waals surface area contributed by atoms with Crippen LogP contribution >= 0.6 is 0 Å². The van der Waals surface area contributed by atoms with Crippen LogP contribution in [0.4, 0.5) is 4.39 Å².